The maximum atomic E-state index is 13.1. The van der Waals surface area contributed by atoms with Gasteiger partial charge in [-0.3, -0.25) is 13.9 Å². The summed E-state index contributed by atoms with van der Waals surface area (Å²) in [5.74, 6) is -0.664. The van der Waals surface area contributed by atoms with Crippen LogP contribution in [-0.2, 0) is 0 Å². The molecule has 2 aromatic carbocycles. The van der Waals surface area contributed by atoms with Crippen LogP contribution in [0.1, 0.15) is 10.4 Å². The van der Waals surface area contributed by atoms with Crippen molar-refractivity contribution in [3.8, 4) is 5.69 Å². The molecule has 0 unspecified atom stereocenters. The molecular weight excluding hydrogens is 323 g/mol. The van der Waals surface area contributed by atoms with E-state index in [-0.39, 0.29) is 15.7 Å². The van der Waals surface area contributed by atoms with Gasteiger partial charge in [0.1, 0.15) is 5.82 Å². The Morgan fingerprint density at radius 3 is 2.50 bits per heavy atom. The Balaban J connectivity index is 2.06. The molecule has 0 atom stereocenters. The number of benzene rings is 2. The molecule has 6 heteroatoms. The van der Waals surface area contributed by atoms with E-state index in [2.05, 4.69) is 0 Å². The largest absolute Gasteiger partial charge is 0.291 e. The van der Waals surface area contributed by atoms with Crippen LogP contribution in [0.2, 0.25) is 5.02 Å². The maximum absolute atomic E-state index is 13.1. The molecule has 0 N–H and O–H groups in total. The lowest BCUT2D eigenvalue weighted by Gasteiger charge is -2.06. The number of aromatic nitrogens is 2. The maximum Gasteiger partial charge on any atom is 0.264 e. The summed E-state index contributed by atoms with van der Waals surface area (Å²) in [6.45, 7) is 0. The number of nitrogens with zero attached hydrogens (tertiary/aromatic N) is 2. The van der Waals surface area contributed by atoms with Crippen molar-refractivity contribution in [1.29, 1.82) is 0 Å². The van der Waals surface area contributed by atoms with Gasteiger partial charge in [-0.15, -0.1) is 0 Å². The van der Waals surface area contributed by atoms with Crippen LogP contribution in [0.25, 0.3) is 5.69 Å². The van der Waals surface area contributed by atoms with Gasteiger partial charge in [0.15, 0.2) is 4.77 Å². The van der Waals surface area contributed by atoms with Crippen LogP contribution in [0.3, 0.4) is 0 Å². The van der Waals surface area contributed by atoms with Gasteiger partial charge in [0.05, 0.1) is 10.7 Å². The number of carbonyl (C=O) groups excluding carboxylic acids is 1. The molecule has 0 saturated heterocycles. The Morgan fingerprint density at radius 2 is 1.82 bits per heavy atom. The van der Waals surface area contributed by atoms with Crippen molar-refractivity contribution in [3.05, 3.63) is 82.1 Å². The average Bonchev–Trinajstić information content (AvgIpc) is 2.89. The predicted octanol–water partition coefficient (Wildman–Crippen LogP) is 4.49. The molecule has 0 spiro atoms. The lowest BCUT2D eigenvalue weighted by Crippen LogP contribution is -2.11. The molecule has 0 radical (unpaired) electrons. The van der Waals surface area contributed by atoms with E-state index in [1.165, 1.54) is 22.8 Å². The Morgan fingerprint density at radius 1 is 1.09 bits per heavy atom. The second kappa shape index (κ2) is 5.87. The summed E-state index contributed by atoms with van der Waals surface area (Å²) in [4.78, 5) is 12.4. The molecule has 110 valence electrons. The highest BCUT2D eigenvalue weighted by atomic mass is 35.5. The van der Waals surface area contributed by atoms with Crippen molar-refractivity contribution in [2.24, 2.45) is 0 Å². The molecule has 1 aromatic heterocycles. The van der Waals surface area contributed by atoms with Crippen molar-refractivity contribution in [2.45, 2.75) is 0 Å². The average molecular weight is 333 g/mol. The number of halogens is 2. The van der Waals surface area contributed by atoms with Gasteiger partial charge in [0, 0.05) is 18.0 Å². The quantitative estimate of drug-likeness (QED) is 0.646. The zero-order chi connectivity index (χ0) is 15.7. The molecule has 22 heavy (non-hydrogen) atoms. The minimum atomic E-state index is -0.430. The van der Waals surface area contributed by atoms with E-state index in [0.717, 1.165) is 0 Å². The summed E-state index contributed by atoms with van der Waals surface area (Å²) in [6, 6.07) is 12.8. The molecule has 3 aromatic rings. The summed E-state index contributed by atoms with van der Waals surface area (Å²) >= 11 is 11.4. The highest BCUT2D eigenvalue weighted by Crippen LogP contribution is 2.22. The summed E-state index contributed by atoms with van der Waals surface area (Å²) < 4.78 is 16.3. The van der Waals surface area contributed by atoms with Crippen molar-refractivity contribution in [2.75, 3.05) is 0 Å². The number of imidazole rings is 1. The van der Waals surface area contributed by atoms with Gasteiger partial charge in [0.25, 0.3) is 5.91 Å². The zero-order valence-electron chi connectivity index (χ0n) is 11.2. The van der Waals surface area contributed by atoms with E-state index in [1.54, 1.807) is 41.2 Å². The summed E-state index contributed by atoms with van der Waals surface area (Å²) in [5, 5.41) is 0.223. The van der Waals surface area contributed by atoms with Gasteiger partial charge in [-0.2, -0.15) is 0 Å². The third-order valence-electron chi connectivity index (χ3n) is 3.19. The van der Waals surface area contributed by atoms with Crippen LogP contribution in [0.5, 0.6) is 0 Å². The second-order valence-electron chi connectivity index (χ2n) is 4.59. The molecule has 0 aliphatic rings. The predicted molar refractivity (Wildman–Crippen MR) is 85.7 cm³/mol. The number of hydrogen-bond donors (Lipinski definition) is 0. The fourth-order valence-electron chi connectivity index (χ4n) is 2.11. The SMILES string of the molecule is O=C(c1ccccc1)n1ccn(-c2ccc(F)cc2Cl)c1=S. The third kappa shape index (κ3) is 2.61. The van der Waals surface area contributed by atoms with Crippen molar-refractivity contribution < 1.29 is 9.18 Å². The minimum Gasteiger partial charge on any atom is -0.291 e. The Bertz CT molecular complexity index is 902. The van der Waals surface area contributed by atoms with Crippen molar-refractivity contribution in [1.82, 2.24) is 9.13 Å². The molecule has 0 aliphatic carbocycles. The molecule has 3 rings (SSSR count). The third-order valence-corrected chi connectivity index (χ3v) is 3.88. The first-order valence-electron chi connectivity index (χ1n) is 6.43. The van der Waals surface area contributed by atoms with Crippen molar-refractivity contribution >= 4 is 29.7 Å². The van der Waals surface area contributed by atoms with E-state index in [0.29, 0.717) is 11.3 Å². The van der Waals surface area contributed by atoms with E-state index in [9.17, 15) is 9.18 Å². The zero-order valence-corrected chi connectivity index (χ0v) is 12.8. The van der Waals surface area contributed by atoms with Crippen LogP contribution in [0, 0.1) is 10.6 Å². The summed E-state index contributed by atoms with van der Waals surface area (Å²) in [7, 11) is 0. The minimum absolute atomic E-state index is 0.223. The first-order chi connectivity index (χ1) is 10.6. The van der Waals surface area contributed by atoms with Crippen LogP contribution in [0.4, 0.5) is 4.39 Å². The second-order valence-corrected chi connectivity index (χ2v) is 5.36. The topological polar surface area (TPSA) is 26.9 Å². The number of carbonyl (C=O) groups is 1. The Labute approximate surface area is 136 Å². The molecule has 0 saturated carbocycles. The molecule has 0 aliphatic heterocycles. The van der Waals surface area contributed by atoms with Crippen LogP contribution in [0.15, 0.2) is 60.9 Å². The molecule has 1 heterocycles. The van der Waals surface area contributed by atoms with Crippen LogP contribution < -0.4 is 0 Å². The fourth-order valence-corrected chi connectivity index (χ4v) is 2.67. The summed E-state index contributed by atoms with van der Waals surface area (Å²) in [6.07, 6.45) is 3.19. The fraction of sp³-hybridized carbons (Fsp3) is 0. The van der Waals surface area contributed by atoms with Crippen LogP contribution in [-0.4, -0.2) is 15.0 Å². The normalized spacial score (nSPS) is 10.6. The van der Waals surface area contributed by atoms with E-state index in [1.807, 2.05) is 6.07 Å². The molecule has 3 nitrogen and oxygen atoms in total. The van der Waals surface area contributed by atoms with E-state index < -0.39 is 5.82 Å². The van der Waals surface area contributed by atoms with Gasteiger partial charge in [-0.05, 0) is 42.5 Å². The van der Waals surface area contributed by atoms with Gasteiger partial charge >= 0.3 is 0 Å². The number of hydrogen-bond acceptors (Lipinski definition) is 2. The smallest absolute Gasteiger partial charge is 0.264 e. The Hall–Kier alpha value is -2.24. The first kappa shape index (κ1) is 14.7. The van der Waals surface area contributed by atoms with Crippen LogP contribution >= 0.6 is 23.8 Å². The lowest BCUT2D eigenvalue weighted by molar-refractivity contribution is 0.0958. The van der Waals surface area contributed by atoms with E-state index in [4.69, 9.17) is 23.8 Å². The van der Waals surface area contributed by atoms with Gasteiger partial charge in [-0.25, -0.2) is 4.39 Å². The molecule has 0 fully saturated rings. The molecular formula is C16H10ClFN2OS. The van der Waals surface area contributed by atoms with Gasteiger partial charge in [0.2, 0.25) is 0 Å². The molecule has 0 bridgehead atoms. The monoisotopic (exact) mass is 332 g/mol. The summed E-state index contributed by atoms with van der Waals surface area (Å²) in [5.41, 5.74) is 1.05. The van der Waals surface area contributed by atoms with Crippen molar-refractivity contribution in [3.63, 3.8) is 0 Å². The van der Waals surface area contributed by atoms with Gasteiger partial charge < -0.3 is 0 Å². The first-order valence-corrected chi connectivity index (χ1v) is 7.22. The van der Waals surface area contributed by atoms with Gasteiger partial charge in [-0.1, -0.05) is 29.8 Å². The highest BCUT2D eigenvalue weighted by Gasteiger charge is 2.13. The van der Waals surface area contributed by atoms with E-state index >= 15 is 0 Å². The molecule has 0 amide bonds. The standard InChI is InChI=1S/C16H10ClFN2OS/c17-13-10-12(18)6-7-14(13)19-8-9-20(16(19)22)15(21)11-4-2-1-3-5-11/h1-10H. The lowest BCUT2D eigenvalue weighted by atomic mass is 10.2. The Kier molecular flexibility index (Phi) is 3.92. The number of rotatable bonds is 2. The highest BCUT2D eigenvalue weighted by molar-refractivity contribution is 7.71.